The van der Waals surface area contributed by atoms with Crippen LogP contribution in [0.1, 0.15) is 15.5 Å². The van der Waals surface area contributed by atoms with E-state index in [0.717, 1.165) is 26.6 Å². The Morgan fingerprint density at radius 2 is 2.18 bits per heavy atom. The quantitative estimate of drug-likeness (QED) is 0.402. The Labute approximate surface area is 136 Å². The molecule has 0 N–H and O–H groups in total. The normalized spacial score (nSPS) is 10.8. The lowest BCUT2D eigenvalue weighted by Gasteiger charge is -2.07. The van der Waals surface area contributed by atoms with Gasteiger partial charge in [-0.1, -0.05) is 17.8 Å². The van der Waals surface area contributed by atoms with Gasteiger partial charge in [0.25, 0.3) is 0 Å². The minimum atomic E-state index is 0.118. The summed E-state index contributed by atoms with van der Waals surface area (Å²) in [6.45, 7) is 1.86. The number of hydrogen-bond acceptors (Lipinski definition) is 6. The molecule has 112 valence electrons. The second-order valence-electron chi connectivity index (χ2n) is 4.65. The molecular weight excluding hydrogens is 316 g/mol. The van der Waals surface area contributed by atoms with Crippen molar-refractivity contribution in [2.75, 3.05) is 12.9 Å². The first-order chi connectivity index (χ1) is 10.7. The Morgan fingerprint density at radius 3 is 2.91 bits per heavy atom. The molecule has 3 aromatic rings. The summed E-state index contributed by atoms with van der Waals surface area (Å²) >= 11 is 2.90. The number of thioether (sulfide) groups is 1. The molecule has 6 heteroatoms. The lowest BCUT2D eigenvalue weighted by Crippen LogP contribution is -2.01. The molecular formula is C16H14N2O2S2. The Kier molecular flexibility index (Phi) is 4.40. The molecule has 0 fully saturated rings. The first-order valence-electron chi connectivity index (χ1n) is 6.69. The van der Waals surface area contributed by atoms with Gasteiger partial charge in [-0.2, -0.15) is 0 Å². The summed E-state index contributed by atoms with van der Waals surface area (Å²) in [6, 6.07) is 9.43. The van der Waals surface area contributed by atoms with Crippen LogP contribution in [0.3, 0.4) is 0 Å². The molecule has 1 aromatic carbocycles. The number of carbonyl (C=O) groups is 1. The van der Waals surface area contributed by atoms with E-state index in [9.17, 15) is 4.79 Å². The minimum absolute atomic E-state index is 0.118. The summed E-state index contributed by atoms with van der Waals surface area (Å²) < 4.78 is 5.26. The summed E-state index contributed by atoms with van der Waals surface area (Å²) in [6.07, 6.45) is 0. The topological polar surface area (TPSA) is 52.1 Å². The van der Waals surface area contributed by atoms with Crippen LogP contribution in [0, 0.1) is 6.92 Å². The Balaban J connectivity index is 1.90. The number of ketones is 1. The third-order valence-electron chi connectivity index (χ3n) is 3.12. The number of carbonyl (C=O) groups excluding carboxylic acids is 1. The van der Waals surface area contributed by atoms with Gasteiger partial charge in [0, 0.05) is 5.39 Å². The van der Waals surface area contributed by atoms with Gasteiger partial charge in [-0.05, 0) is 36.6 Å². The van der Waals surface area contributed by atoms with Crippen molar-refractivity contribution in [2.45, 2.75) is 11.9 Å². The monoisotopic (exact) mass is 330 g/mol. The number of Topliss-reactive ketones (excluding diaryl/α,β-unsaturated/α-hetero) is 1. The van der Waals surface area contributed by atoms with E-state index in [2.05, 4.69) is 9.97 Å². The average Bonchev–Trinajstić information content (AvgIpc) is 3.06. The molecule has 0 aliphatic rings. The highest BCUT2D eigenvalue weighted by Gasteiger charge is 2.12. The minimum Gasteiger partial charge on any atom is -0.497 e. The van der Waals surface area contributed by atoms with E-state index in [4.69, 9.17) is 4.74 Å². The number of hydrogen-bond donors (Lipinski definition) is 0. The lowest BCUT2D eigenvalue weighted by molar-refractivity contribution is 0.102. The summed E-state index contributed by atoms with van der Waals surface area (Å²) in [5, 5.41) is 3.63. The number of nitrogens with zero attached hydrogens (tertiary/aromatic N) is 2. The largest absolute Gasteiger partial charge is 0.497 e. The van der Waals surface area contributed by atoms with E-state index < -0.39 is 0 Å². The van der Waals surface area contributed by atoms with Crippen molar-refractivity contribution in [2.24, 2.45) is 0 Å². The number of aromatic nitrogens is 2. The van der Waals surface area contributed by atoms with Crippen LogP contribution in [-0.2, 0) is 0 Å². The van der Waals surface area contributed by atoms with Crippen LogP contribution in [0.15, 0.2) is 40.7 Å². The fourth-order valence-electron chi connectivity index (χ4n) is 2.07. The highest BCUT2D eigenvalue weighted by Crippen LogP contribution is 2.29. The molecule has 0 amide bonds. The van der Waals surface area contributed by atoms with Gasteiger partial charge in [-0.3, -0.25) is 4.79 Å². The number of benzene rings is 1. The van der Waals surface area contributed by atoms with Crippen LogP contribution >= 0.6 is 23.1 Å². The zero-order chi connectivity index (χ0) is 15.5. The second kappa shape index (κ2) is 6.46. The van der Waals surface area contributed by atoms with Crippen molar-refractivity contribution in [3.05, 3.63) is 46.4 Å². The van der Waals surface area contributed by atoms with Crippen molar-refractivity contribution in [3.8, 4) is 5.75 Å². The summed E-state index contributed by atoms with van der Waals surface area (Å²) in [7, 11) is 1.63. The van der Waals surface area contributed by atoms with Crippen molar-refractivity contribution < 1.29 is 9.53 Å². The maximum absolute atomic E-state index is 12.1. The molecule has 2 aromatic heterocycles. The summed E-state index contributed by atoms with van der Waals surface area (Å²) in [5.74, 6) is 1.94. The molecule has 0 aliphatic carbocycles. The average molecular weight is 330 g/mol. The van der Waals surface area contributed by atoms with Gasteiger partial charge in [-0.15, -0.1) is 11.3 Å². The van der Waals surface area contributed by atoms with Crippen LogP contribution in [0.25, 0.3) is 10.9 Å². The van der Waals surface area contributed by atoms with Gasteiger partial charge in [0.1, 0.15) is 16.6 Å². The van der Waals surface area contributed by atoms with Gasteiger partial charge >= 0.3 is 0 Å². The van der Waals surface area contributed by atoms with E-state index >= 15 is 0 Å². The molecule has 0 unspecified atom stereocenters. The number of methoxy groups -OCH3 is 1. The number of rotatable bonds is 5. The van der Waals surface area contributed by atoms with Crippen LogP contribution in [0.4, 0.5) is 0 Å². The van der Waals surface area contributed by atoms with Crippen LogP contribution in [0.5, 0.6) is 5.75 Å². The molecule has 0 atom stereocenters. The Hall–Kier alpha value is -1.92. The van der Waals surface area contributed by atoms with E-state index in [1.807, 2.05) is 42.6 Å². The lowest BCUT2D eigenvalue weighted by atomic mass is 10.2. The Bertz CT molecular complexity index is 816. The SMILES string of the molecule is COc1ccc2nc(C)nc(SCC(=O)c3cccs3)c2c1. The first kappa shape index (κ1) is 15.0. The third-order valence-corrected chi connectivity index (χ3v) is 5.02. The van der Waals surface area contributed by atoms with Gasteiger partial charge in [0.05, 0.1) is 23.3 Å². The smallest absolute Gasteiger partial charge is 0.183 e. The van der Waals surface area contributed by atoms with E-state index in [0.29, 0.717) is 11.6 Å². The molecule has 4 nitrogen and oxygen atoms in total. The number of thiophene rings is 1. The van der Waals surface area contributed by atoms with Crippen LogP contribution in [0.2, 0.25) is 0 Å². The molecule has 0 aliphatic heterocycles. The molecule has 2 heterocycles. The highest BCUT2D eigenvalue weighted by atomic mass is 32.2. The highest BCUT2D eigenvalue weighted by molar-refractivity contribution is 8.00. The summed E-state index contributed by atoms with van der Waals surface area (Å²) in [4.78, 5) is 21.8. The van der Waals surface area contributed by atoms with Crippen molar-refractivity contribution >= 4 is 39.8 Å². The fraction of sp³-hybridized carbons (Fsp3) is 0.188. The molecule has 3 rings (SSSR count). The standard InChI is InChI=1S/C16H14N2O2S2/c1-10-17-13-6-5-11(20-2)8-12(13)16(18-10)22-9-14(19)15-4-3-7-21-15/h3-8H,9H2,1-2H3. The van der Waals surface area contributed by atoms with Crippen molar-refractivity contribution in [1.29, 1.82) is 0 Å². The molecule has 0 saturated heterocycles. The van der Waals surface area contributed by atoms with E-state index in [1.54, 1.807) is 7.11 Å². The number of fused-ring (bicyclic) bond motifs is 1. The van der Waals surface area contributed by atoms with Gasteiger partial charge in [-0.25, -0.2) is 9.97 Å². The first-order valence-corrected chi connectivity index (χ1v) is 8.56. The molecule has 0 saturated carbocycles. The number of ether oxygens (including phenoxy) is 1. The molecule has 0 bridgehead atoms. The molecule has 0 spiro atoms. The molecule has 22 heavy (non-hydrogen) atoms. The fourth-order valence-corrected chi connectivity index (χ4v) is 3.76. The van der Waals surface area contributed by atoms with Crippen LogP contribution in [-0.4, -0.2) is 28.6 Å². The zero-order valence-electron chi connectivity index (χ0n) is 12.2. The predicted molar refractivity (Wildman–Crippen MR) is 90.2 cm³/mol. The molecule has 0 radical (unpaired) electrons. The predicted octanol–water partition coefficient (Wildman–Crippen LogP) is 3.98. The van der Waals surface area contributed by atoms with Gasteiger partial charge < -0.3 is 4.74 Å². The third kappa shape index (κ3) is 3.13. The van der Waals surface area contributed by atoms with E-state index in [1.165, 1.54) is 23.1 Å². The van der Waals surface area contributed by atoms with Crippen LogP contribution < -0.4 is 4.74 Å². The van der Waals surface area contributed by atoms with E-state index in [-0.39, 0.29) is 5.78 Å². The van der Waals surface area contributed by atoms with Gasteiger partial charge in [0.15, 0.2) is 5.78 Å². The summed E-state index contributed by atoms with van der Waals surface area (Å²) in [5.41, 5.74) is 0.861. The maximum Gasteiger partial charge on any atom is 0.183 e. The van der Waals surface area contributed by atoms with Crippen molar-refractivity contribution in [1.82, 2.24) is 9.97 Å². The maximum atomic E-state index is 12.1. The number of aryl methyl sites for hydroxylation is 1. The zero-order valence-corrected chi connectivity index (χ0v) is 13.8. The Morgan fingerprint density at radius 1 is 1.32 bits per heavy atom. The second-order valence-corrected chi connectivity index (χ2v) is 6.56. The van der Waals surface area contributed by atoms with Gasteiger partial charge in [0.2, 0.25) is 0 Å². The van der Waals surface area contributed by atoms with Crippen molar-refractivity contribution in [3.63, 3.8) is 0 Å².